The first kappa shape index (κ1) is 11.4. The molecule has 0 atom stereocenters. The molecule has 0 aliphatic rings. The average molecular weight is 235 g/mol. The van der Waals surface area contributed by atoms with Crippen LogP contribution < -0.4 is 0 Å². The molecule has 0 bridgehead atoms. The third-order valence-corrected chi connectivity index (χ3v) is 1.83. The van der Waals surface area contributed by atoms with E-state index in [0.29, 0.717) is 10.9 Å². The van der Waals surface area contributed by atoms with Crippen molar-refractivity contribution in [2.24, 2.45) is 0 Å². The molecule has 0 aromatic carbocycles. The van der Waals surface area contributed by atoms with E-state index in [1.54, 1.807) is 6.08 Å². The fraction of sp³-hybridized carbons (Fsp3) is 0.500. The Morgan fingerprint density at radius 3 is 2.42 bits per heavy atom. The largest absolute Gasteiger partial charge is 0.466 e. The Balaban J connectivity index is 4.22. The fourth-order valence-electron chi connectivity index (χ4n) is 0.590. The molecule has 0 heterocycles. The second-order valence-corrected chi connectivity index (χ2v) is 2.82. The van der Waals surface area contributed by atoms with E-state index in [4.69, 9.17) is 0 Å². The van der Waals surface area contributed by atoms with Crippen LogP contribution in [-0.4, -0.2) is 24.2 Å². The van der Waals surface area contributed by atoms with Crippen LogP contribution in [0.2, 0.25) is 0 Å². The highest BCUT2D eigenvalue weighted by atomic mass is 79.9. The van der Waals surface area contributed by atoms with E-state index < -0.39 is 5.97 Å². The first-order chi connectivity index (χ1) is 5.61. The summed E-state index contributed by atoms with van der Waals surface area (Å²) in [7, 11) is 1.31. The number of ether oxygens (including phenoxy) is 1. The van der Waals surface area contributed by atoms with Gasteiger partial charge in [-0.3, -0.25) is 4.79 Å². The van der Waals surface area contributed by atoms with Crippen molar-refractivity contribution >= 4 is 27.7 Å². The Bertz CT molecular complexity index is 208. The second-order valence-electron chi connectivity index (χ2n) is 2.26. The topological polar surface area (TPSA) is 43.4 Å². The van der Waals surface area contributed by atoms with Gasteiger partial charge in [-0.1, -0.05) is 22.0 Å². The Morgan fingerprint density at radius 1 is 1.50 bits per heavy atom. The highest BCUT2D eigenvalue weighted by Gasteiger charge is 2.06. The zero-order chi connectivity index (χ0) is 9.56. The summed E-state index contributed by atoms with van der Waals surface area (Å²) < 4.78 is 4.49. The molecule has 0 aromatic heterocycles. The van der Waals surface area contributed by atoms with Gasteiger partial charge in [0.1, 0.15) is 5.78 Å². The number of halogens is 1. The molecule has 0 spiro atoms. The number of ketones is 1. The molecule has 0 N–H and O–H groups in total. The van der Waals surface area contributed by atoms with Crippen molar-refractivity contribution in [2.75, 3.05) is 12.4 Å². The summed E-state index contributed by atoms with van der Waals surface area (Å²) in [4.78, 5) is 21.5. The zero-order valence-corrected chi connectivity index (χ0v) is 8.68. The first-order valence-electron chi connectivity index (χ1n) is 3.44. The molecule has 0 aliphatic carbocycles. The number of allylic oxidation sites excluding steroid dienone is 1. The van der Waals surface area contributed by atoms with E-state index in [2.05, 4.69) is 20.7 Å². The molecular formula is C8H11BrO3. The maximum atomic E-state index is 10.9. The summed E-state index contributed by atoms with van der Waals surface area (Å²) in [5, 5.41) is 0.410. The van der Waals surface area contributed by atoms with Crippen molar-refractivity contribution in [2.45, 2.75) is 13.3 Å². The van der Waals surface area contributed by atoms with Crippen LogP contribution in [0, 0.1) is 0 Å². The van der Waals surface area contributed by atoms with E-state index in [9.17, 15) is 9.59 Å². The molecule has 68 valence electrons. The number of rotatable bonds is 4. The monoisotopic (exact) mass is 234 g/mol. The van der Waals surface area contributed by atoms with E-state index >= 15 is 0 Å². The summed E-state index contributed by atoms with van der Waals surface area (Å²) in [6.07, 6.45) is 1.85. The van der Waals surface area contributed by atoms with Gasteiger partial charge in [0.05, 0.1) is 7.11 Å². The number of hydrogen-bond acceptors (Lipinski definition) is 3. The number of methoxy groups -OCH3 is 1. The van der Waals surface area contributed by atoms with Gasteiger partial charge in [-0.05, 0) is 6.92 Å². The van der Waals surface area contributed by atoms with Gasteiger partial charge in [0, 0.05) is 17.3 Å². The minimum atomic E-state index is -0.395. The van der Waals surface area contributed by atoms with Crippen LogP contribution >= 0.6 is 15.9 Å². The van der Waals surface area contributed by atoms with Crippen molar-refractivity contribution < 1.29 is 14.3 Å². The molecule has 0 radical (unpaired) electrons. The van der Waals surface area contributed by atoms with Crippen LogP contribution in [0.15, 0.2) is 11.6 Å². The van der Waals surface area contributed by atoms with E-state index in [0.717, 1.165) is 0 Å². The lowest BCUT2D eigenvalue weighted by Crippen LogP contribution is -2.06. The predicted molar refractivity (Wildman–Crippen MR) is 49.2 cm³/mol. The summed E-state index contributed by atoms with van der Waals surface area (Å²) in [5.74, 6) is -0.370. The highest BCUT2D eigenvalue weighted by Crippen LogP contribution is 2.03. The normalized spacial score (nSPS) is 11.1. The van der Waals surface area contributed by atoms with Crippen LogP contribution in [0.3, 0.4) is 0 Å². The molecule has 12 heavy (non-hydrogen) atoms. The van der Waals surface area contributed by atoms with Crippen LogP contribution in [0.4, 0.5) is 0 Å². The summed E-state index contributed by atoms with van der Waals surface area (Å²) >= 11 is 3.13. The third kappa shape index (κ3) is 4.28. The number of esters is 1. The molecule has 0 saturated carbocycles. The average Bonchev–Trinajstić information content (AvgIpc) is 2.04. The van der Waals surface area contributed by atoms with Gasteiger partial charge in [-0.15, -0.1) is 0 Å². The lowest BCUT2D eigenvalue weighted by Gasteiger charge is -1.99. The van der Waals surface area contributed by atoms with E-state index in [-0.39, 0.29) is 12.2 Å². The number of carbonyl (C=O) groups is 2. The van der Waals surface area contributed by atoms with Gasteiger partial charge in [0.15, 0.2) is 0 Å². The molecule has 0 aromatic rings. The standard InChI is InChI=1S/C8H11BrO3/c1-6(10)3-4-7(5-9)8(11)12-2/h4H,3,5H2,1-2H3. The van der Waals surface area contributed by atoms with Gasteiger partial charge in [-0.2, -0.15) is 0 Å². The van der Waals surface area contributed by atoms with E-state index in [1.165, 1.54) is 14.0 Å². The number of carbonyl (C=O) groups excluding carboxylic acids is 2. The quantitative estimate of drug-likeness (QED) is 0.421. The van der Waals surface area contributed by atoms with E-state index in [1.807, 2.05) is 0 Å². The molecule has 0 rings (SSSR count). The van der Waals surface area contributed by atoms with Gasteiger partial charge >= 0.3 is 5.97 Å². The van der Waals surface area contributed by atoms with Crippen LogP contribution in [0.5, 0.6) is 0 Å². The van der Waals surface area contributed by atoms with Crippen LogP contribution in [0.1, 0.15) is 13.3 Å². The first-order valence-corrected chi connectivity index (χ1v) is 4.56. The molecule has 0 unspecified atom stereocenters. The summed E-state index contributed by atoms with van der Waals surface area (Å²) in [6, 6.07) is 0. The molecule has 3 nitrogen and oxygen atoms in total. The summed E-state index contributed by atoms with van der Waals surface area (Å²) in [6.45, 7) is 1.47. The van der Waals surface area contributed by atoms with Crippen molar-refractivity contribution in [1.29, 1.82) is 0 Å². The van der Waals surface area contributed by atoms with Gasteiger partial charge in [0.2, 0.25) is 0 Å². The smallest absolute Gasteiger partial charge is 0.334 e. The van der Waals surface area contributed by atoms with Gasteiger partial charge in [0.25, 0.3) is 0 Å². The fourth-order valence-corrected chi connectivity index (χ4v) is 1.05. The number of Topliss-reactive ketones (excluding diaryl/α,β-unsaturated/α-hetero) is 1. The lowest BCUT2D eigenvalue weighted by molar-refractivity contribution is -0.135. The van der Waals surface area contributed by atoms with Gasteiger partial charge < -0.3 is 4.74 Å². The Hall–Kier alpha value is -0.640. The molecular weight excluding hydrogens is 224 g/mol. The van der Waals surface area contributed by atoms with Crippen molar-refractivity contribution in [3.63, 3.8) is 0 Å². The lowest BCUT2D eigenvalue weighted by atomic mass is 10.2. The minimum absolute atomic E-state index is 0.0253. The Kier molecular flexibility index (Phi) is 5.62. The highest BCUT2D eigenvalue weighted by molar-refractivity contribution is 9.09. The second kappa shape index (κ2) is 5.94. The maximum absolute atomic E-state index is 10.9. The van der Waals surface area contributed by atoms with Crippen LogP contribution in [-0.2, 0) is 14.3 Å². The molecule has 0 amide bonds. The van der Waals surface area contributed by atoms with Crippen molar-refractivity contribution in [3.05, 3.63) is 11.6 Å². The Morgan fingerprint density at radius 2 is 2.08 bits per heavy atom. The molecule has 4 heteroatoms. The minimum Gasteiger partial charge on any atom is -0.466 e. The molecule has 0 aliphatic heterocycles. The molecule has 0 fully saturated rings. The van der Waals surface area contributed by atoms with Crippen LogP contribution in [0.25, 0.3) is 0 Å². The number of hydrogen-bond donors (Lipinski definition) is 0. The van der Waals surface area contributed by atoms with Gasteiger partial charge in [-0.25, -0.2) is 4.79 Å². The third-order valence-electron chi connectivity index (χ3n) is 1.23. The Labute approximate surface area is 79.9 Å². The SMILES string of the molecule is COC(=O)C(=CCC(C)=O)CBr. The zero-order valence-electron chi connectivity index (χ0n) is 7.09. The molecule has 0 saturated heterocycles. The number of alkyl halides is 1. The van der Waals surface area contributed by atoms with Crippen molar-refractivity contribution in [3.8, 4) is 0 Å². The summed E-state index contributed by atoms with van der Waals surface area (Å²) in [5.41, 5.74) is 0.479. The van der Waals surface area contributed by atoms with Crippen molar-refractivity contribution in [1.82, 2.24) is 0 Å². The predicted octanol–water partition coefficient (Wildman–Crippen LogP) is 1.46. The maximum Gasteiger partial charge on any atom is 0.334 e.